The number of rotatable bonds is 4. The summed E-state index contributed by atoms with van der Waals surface area (Å²) in [5, 5.41) is 42.0. The molecule has 0 aromatic carbocycles. The third-order valence-corrected chi connectivity index (χ3v) is 10.3. The minimum absolute atomic E-state index is 0. The number of halogens is 1. The van der Waals surface area contributed by atoms with E-state index in [0.29, 0.717) is 30.1 Å². The number of aliphatic hydroxyl groups excluding tert-OH is 3. The third-order valence-electron chi connectivity index (χ3n) is 10.3. The molecular weight excluding hydrogens is 404 g/mol. The summed E-state index contributed by atoms with van der Waals surface area (Å²) >= 11 is 0. The van der Waals surface area contributed by atoms with E-state index in [-0.39, 0.29) is 53.7 Å². The first kappa shape index (κ1) is 24.3. The maximum absolute atomic E-state index is 11.5. The van der Waals surface area contributed by atoms with Crippen molar-refractivity contribution in [1.82, 2.24) is 0 Å². The fourth-order valence-electron chi connectivity index (χ4n) is 8.68. The maximum atomic E-state index is 11.5. The molecule has 4 aliphatic rings. The second-order valence-corrected chi connectivity index (χ2v) is 11.4. The molecule has 174 valence electrons. The van der Waals surface area contributed by atoms with Crippen LogP contribution in [0.3, 0.4) is 0 Å². The Labute approximate surface area is 187 Å². The van der Waals surface area contributed by atoms with E-state index in [1.54, 1.807) is 0 Å². The molecule has 0 amide bonds. The Morgan fingerprint density at radius 2 is 1.73 bits per heavy atom. The fraction of sp³-hybridized carbons (Fsp3) is 0.958. The minimum Gasteiger partial charge on any atom is -0.481 e. The van der Waals surface area contributed by atoms with Gasteiger partial charge in [0.25, 0.3) is 0 Å². The average Bonchev–Trinajstić information content (AvgIpc) is 3.01. The second kappa shape index (κ2) is 8.53. The maximum Gasteiger partial charge on any atom is 0.303 e. The van der Waals surface area contributed by atoms with Crippen LogP contribution in [0.15, 0.2) is 0 Å². The molecule has 11 atom stereocenters. The van der Waals surface area contributed by atoms with Gasteiger partial charge in [-0.2, -0.15) is 0 Å². The molecule has 30 heavy (non-hydrogen) atoms. The van der Waals surface area contributed by atoms with Crippen LogP contribution in [0.2, 0.25) is 0 Å². The molecule has 6 heteroatoms. The van der Waals surface area contributed by atoms with Gasteiger partial charge in [-0.25, -0.2) is 0 Å². The third kappa shape index (κ3) is 3.62. The Morgan fingerprint density at radius 1 is 1.03 bits per heavy atom. The molecule has 0 aliphatic heterocycles. The summed E-state index contributed by atoms with van der Waals surface area (Å²) in [4.78, 5) is 11.1. The molecule has 5 nitrogen and oxygen atoms in total. The molecule has 4 aliphatic carbocycles. The average molecular weight is 445 g/mol. The van der Waals surface area contributed by atoms with Crippen molar-refractivity contribution in [3.8, 4) is 0 Å². The summed E-state index contributed by atoms with van der Waals surface area (Å²) in [6.45, 7) is 6.72. The molecule has 0 saturated heterocycles. The van der Waals surface area contributed by atoms with Gasteiger partial charge in [-0.05, 0) is 97.7 Å². The van der Waals surface area contributed by atoms with Crippen LogP contribution in [0.25, 0.3) is 0 Å². The summed E-state index contributed by atoms with van der Waals surface area (Å²) in [6, 6.07) is 0. The fourth-order valence-corrected chi connectivity index (χ4v) is 8.68. The van der Waals surface area contributed by atoms with Crippen LogP contribution in [-0.4, -0.2) is 44.7 Å². The Kier molecular flexibility index (Phi) is 6.91. The van der Waals surface area contributed by atoms with Crippen molar-refractivity contribution in [1.29, 1.82) is 0 Å². The molecule has 0 aromatic rings. The van der Waals surface area contributed by atoms with Crippen LogP contribution >= 0.6 is 12.4 Å². The summed E-state index contributed by atoms with van der Waals surface area (Å²) in [5.74, 6) is 0.997. The van der Waals surface area contributed by atoms with Gasteiger partial charge < -0.3 is 20.4 Å². The highest BCUT2D eigenvalue weighted by Gasteiger charge is 2.65. The van der Waals surface area contributed by atoms with Gasteiger partial charge in [-0.1, -0.05) is 20.8 Å². The van der Waals surface area contributed by atoms with Gasteiger partial charge >= 0.3 is 5.97 Å². The van der Waals surface area contributed by atoms with E-state index in [9.17, 15) is 20.1 Å². The van der Waals surface area contributed by atoms with Gasteiger partial charge in [0.1, 0.15) is 0 Å². The first-order valence-electron chi connectivity index (χ1n) is 11.8. The number of carboxylic acids is 1. The highest BCUT2D eigenvalue weighted by molar-refractivity contribution is 5.85. The minimum atomic E-state index is -0.748. The van der Waals surface area contributed by atoms with Crippen LogP contribution in [-0.2, 0) is 4.79 Å². The van der Waals surface area contributed by atoms with E-state index in [2.05, 4.69) is 20.8 Å². The van der Waals surface area contributed by atoms with Crippen LogP contribution in [0.4, 0.5) is 0 Å². The zero-order valence-corrected chi connectivity index (χ0v) is 19.5. The number of hydrogen-bond donors (Lipinski definition) is 4. The highest BCUT2D eigenvalue weighted by atomic mass is 35.5. The number of hydrogen-bond acceptors (Lipinski definition) is 4. The van der Waals surface area contributed by atoms with E-state index < -0.39 is 12.1 Å². The Morgan fingerprint density at radius 3 is 2.40 bits per heavy atom. The summed E-state index contributed by atoms with van der Waals surface area (Å²) in [7, 11) is 0. The zero-order chi connectivity index (χ0) is 21.1. The Bertz CT molecular complexity index is 643. The topological polar surface area (TPSA) is 98.0 Å². The van der Waals surface area contributed by atoms with Crippen molar-refractivity contribution < 1.29 is 25.2 Å². The molecule has 4 fully saturated rings. The number of carboxylic acid groups (broad SMARTS) is 1. The van der Waals surface area contributed by atoms with Crippen LogP contribution < -0.4 is 0 Å². The van der Waals surface area contributed by atoms with Crippen LogP contribution in [0, 0.1) is 46.3 Å². The van der Waals surface area contributed by atoms with Crippen LogP contribution in [0.5, 0.6) is 0 Å². The molecule has 0 aromatic heterocycles. The Hall–Kier alpha value is -0.360. The lowest BCUT2D eigenvalue weighted by Gasteiger charge is -2.63. The highest BCUT2D eigenvalue weighted by Crippen LogP contribution is 2.68. The quantitative estimate of drug-likeness (QED) is 0.527. The lowest BCUT2D eigenvalue weighted by molar-refractivity contribution is -0.207. The number of carbonyl (C=O) groups is 1. The van der Waals surface area contributed by atoms with Gasteiger partial charge in [0.05, 0.1) is 18.3 Å². The second-order valence-electron chi connectivity index (χ2n) is 11.4. The van der Waals surface area contributed by atoms with Crippen molar-refractivity contribution >= 4 is 18.4 Å². The zero-order valence-electron chi connectivity index (χ0n) is 18.7. The normalized spacial score (nSPS) is 51.1. The molecular formula is C24H41ClO5. The smallest absolute Gasteiger partial charge is 0.303 e. The molecule has 4 N–H and O–H groups in total. The van der Waals surface area contributed by atoms with Gasteiger partial charge in [0, 0.05) is 6.42 Å². The van der Waals surface area contributed by atoms with E-state index in [1.165, 1.54) is 0 Å². The van der Waals surface area contributed by atoms with Gasteiger partial charge in [-0.15, -0.1) is 12.4 Å². The number of aliphatic hydroxyl groups is 3. The van der Waals surface area contributed by atoms with Crippen molar-refractivity contribution in [3.05, 3.63) is 0 Å². The monoisotopic (exact) mass is 444 g/mol. The van der Waals surface area contributed by atoms with Gasteiger partial charge in [0.15, 0.2) is 0 Å². The van der Waals surface area contributed by atoms with E-state index >= 15 is 0 Å². The van der Waals surface area contributed by atoms with E-state index in [1.807, 2.05) is 0 Å². The van der Waals surface area contributed by atoms with E-state index in [0.717, 1.165) is 44.9 Å². The molecule has 0 heterocycles. The summed E-state index contributed by atoms with van der Waals surface area (Å²) in [5.41, 5.74) is -0.143. The molecule has 0 radical (unpaired) electrons. The van der Waals surface area contributed by atoms with E-state index in [4.69, 9.17) is 5.11 Å². The molecule has 4 saturated carbocycles. The molecule has 0 unspecified atom stereocenters. The predicted molar refractivity (Wildman–Crippen MR) is 117 cm³/mol. The van der Waals surface area contributed by atoms with Crippen molar-refractivity contribution in [2.24, 2.45) is 46.3 Å². The lowest BCUT2D eigenvalue weighted by Crippen LogP contribution is -2.62. The number of aliphatic carboxylic acids is 1. The Balaban J connectivity index is 0.00000256. The van der Waals surface area contributed by atoms with Crippen molar-refractivity contribution in [3.63, 3.8) is 0 Å². The first-order valence-corrected chi connectivity index (χ1v) is 11.8. The lowest BCUT2D eigenvalue weighted by atomic mass is 9.43. The first-order chi connectivity index (χ1) is 13.6. The van der Waals surface area contributed by atoms with Crippen molar-refractivity contribution in [2.75, 3.05) is 0 Å². The van der Waals surface area contributed by atoms with Crippen LogP contribution in [0.1, 0.15) is 78.6 Å². The number of fused-ring (bicyclic) bond motifs is 5. The molecule has 0 spiro atoms. The molecule has 4 rings (SSSR count). The summed E-state index contributed by atoms with van der Waals surface area (Å²) in [6.07, 6.45) is 6.00. The standard InChI is InChI=1S/C24H40O5.ClH/c1-13(4-7-21(28)29)16-5-6-17-22-18(12-20(27)24(16,17)3)23(2)9-8-15(25)10-14(23)11-19(22)26;/h13-20,22,25-27H,4-12H2,1-3H3,(H,28,29);1H/t13-,14-,15-,16-,17+,18+,19-,20+,22-,23+,24-;/m1./s1. The summed E-state index contributed by atoms with van der Waals surface area (Å²) < 4.78 is 0. The predicted octanol–water partition coefficient (Wildman–Crippen LogP) is 3.87. The largest absolute Gasteiger partial charge is 0.481 e. The molecule has 0 bridgehead atoms. The van der Waals surface area contributed by atoms with Gasteiger partial charge in [0.2, 0.25) is 0 Å². The SMILES string of the molecule is C[C@H](CCC(=O)O)[C@H]1CC[C@H]2[C@H]3[C@H](O)C[C@H]4C[C@H](O)CC[C@]4(C)[C@H]3C[C@H](O)[C@]12C.Cl. The van der Waals surface area contributed by atoms with Gasteiger partial charge in [-0.3, -0.25) is 4.79 Å². The van der Waals surface area contributed by atoms with Crippen molar-refractivity contribution in [2.45, 2.75) is 96.9 Å².